The van der Waals surface area contributed by atoms with Crippen LogP contribution in [0.2, 0.25) is 0 Å². The fourth-order valence-corrected chi connectivity index (χ4v) is 3.05. The first-order chi connectivity index (χ1) is 10.6. The molecular formula is C12H12N6O2S2. The van der Waals surface area contributed by atoms with Crippen LogP contribution in [-0.2, 0) is 5.75 Å². The number of carbonyl (C=O) groups excluding carboxylic acids is 1. The number of fused-ring (bicyclic) bond motifs is 1. The van der Waals surface area contributed by atoms with Gasteiger partial charge in [0.15, 0.2) is 0 Å². The monoisotopic (exact) mass is 336 g/mol. The standard InChI is InChI=1S/C12H12N6O2S2/c1-6-4-22-12-16-11(17-18(6)12)15-10(20)7-3-9(19)14-8(13-7)5-21-2/h3-4H,5H2,1-2H3,(H,13,14,19)(H,15,17,20). The average Bonchev–Trinajstić information content (AvgIpc) is 3.01. The molecular weight excluding hydrogens is 324 g/mol. The molecule has 0 saturated carbocycles. The van der Waals surface area contributed by atoms with Crippen molar-refractivity contribution in [3.63, 3.8) is 0 Å². The van der Waals surface area contributed by atoms with Crippen LogP contribution in [0.15, 0.2) is 16.2 Å². The second-order valence-electron chi connectivity index (χ2n) is 4.47. The topological polar surface area (TPSA) is 105 Å². The predicted molar refractivity (Wildman–Crippen MR) is 85.6 cm³/mol. The zero-order valence-corrected chi connectivity index (χ0v) is 13.4. The van der Waals surface area contributed by atoms with Crippen LogP contribution in [0.25, 0.3) is 4.96 Å². The van der Waals surface area contributed by atoms with Gasteiger partial charge in [-0.2, -0.15) is 16.7 Å². The fraction of sp³-hybridized carbons (Fsp3) is 0.250. The number of anilines is 1. The number of aryl methyl sites for hydroxylation is 1. The van der Waals surface area contributed by atoms with E-state index in [1.807, 2.05) is 18.6 Å². The molecule has 3 aromatic rings. The molecule has 0 fully saturated rings. The molecule has 1 amide bonds. The minimum Gasteiger partial charge on any atom is -0.310 e. The first-order valence-electron chi connectivity index (χ1n) is 6.28. The van der Waals surface area contributed by atoms with Crippen LogP contribution in [0, 0.1) is 6.92 Å². The Bertz CT molecular complexity index is 897. The van der Waals surface area contributed by atoms with Crippen LogP contribution in [0.4, 0.5) is 5.95 Å². The Balaban J connectivity index is 1.85. The van der Waals surface area contributed by atoms with E-state index in [0.717, 1.165) is 11.8 Å². The minimum atomic E-state index is -0.510. The first kappa shape index (κ1) is 14.7. The number of rotatable bonds is 4. The number of thioether (sulfide) groups is 1. The summed E-state index contributed by atoms with van der Waals surface area (Å²) in [5, 5.41) is 8.67. The summed E-state index contributed by atoms with van der Waals surface area (Å²) in [6.07, 6.45) is 1.89. The molecule has 0 bridgehead atoms. The predicted octanol–water partition coefficient (Wildman–Crippen LogP) is 1.30. The van der Waals surface area contributed by atoms with Gasteiger partial charge in [0.1, 0.15) is 11.5 Å². The number of aromatic amines is 1. The summed E-state index contributed by atoms with van der Waals surface area (Å²) in [5.41, 5.74) is 0.617. The number of thiazole rings is 1. The number of hydrogen-bond donors (Lipinski definition) is 2. The van der Waals surface area contributed by atoms with E-state index in [0.29, 0.717) is 16.5 Å². The summed E-state index contributed by atoms with van der Waals surface area (Å²) in [7, 11) is 0. The molecule has 0 atom stereocenters. The zero-order valence-electron chi connectivity index (χ0n) is 11.8. The molecule has 3 aromatic heterocycles. The maximum Gasteiger partial charge on any atom is 0.276 e. The Morgan fingerprint density at radius 2 is 2.32 bits per heavy atom. The smallest absolute Gasteiger partial charge is 0.276 e. The van der Waals surface area contributed by atoms with Gasteiger partial charge >= 0.3 is 0 Å². The lowest BCUT2D eigenvalue weighted by molar-refractivity contribution is 0.102. The molecule has 3 rings (SSSR count). The van der Waals surface area contributed by atoms with Crippen LogP contribution < -0.4 is 10.9 Å². The highest BCUT2D eigenvalue weighted by molar-refractivity contribution is 7.97. The van der Waals surface area contributed by atoms with Gasteiger partial charge in [0.25, 0.3) is 17.4 Å². The van der Waals surface area contributed by atoms with Gasteiger partial charge in [0.05, 0.1) is 11.4 Å². The lowest BCUT2D eigenvalue weighted by atomic mass is 10.3. The minimum absolute atomic E-state index is 0.0441. The van der Waals surface area contributed by atoms with Crippen molar-refractivity contribution in [3.05, 3.63) is 39.0 Å². The maximum atomic E-state index is 12.2. The van der Waals surface area contributed by atoms with Crippen molar-refractivity contribution in [2.24, 2.45) is 0 Å². The van der Waals surface area contributed by atoms with Crippen molar-refractivity contribution in [2.45, 2.75) is 12.7 Å². The average molecular weight is 336 g/mol. The van der Waals surface area contributed by atoms with E-state index >= 15 is 0 Å². The Morgan fingerprint density at radius 3 is 3.05 bits per heavy atom. The molecule has 10 heteroatoms. The lowest BCUT2D eigenvalue weighted by Crippen LogP contribution is -2.20. The maximum absolute atomic E-state index is 12.2. The number of nitrogens with zero attached hydrogens (tertiary/aromatic N) is 4. The second kappa shape index (κ2) is 5.89. The van der Waals surface area contributed by atoms with Crippen LogP contribution in [0.1, 0.15) is 22.0 Å². The molecule has 22 heavy (non-hydrogen) atoms. The number of amides is 1. The molecule has 3 heterocycles. The van der Waals surface area contributed by atoms with E-state index in [4.69, 9.17) is 0 Å². The van der Waals surface area contributed by atoms with Gasteiger partial charge in [0.2, 0.25) is 4.96 Å². The molecule has 0 spiro atoms. The molecule has 0 aliphatic heterocycles. The van der Waals surface area contributed by atoms with E-state index < -0.39 is 5.91 Å². The van der Waals surface area contributed by atoms with Crippen LogP contribution >= 0.6 is 23.1 Å². The SMILES string of the molecule is CSCc1nc(C(=O)Nc2nc3scc(C)n3n2)cc(=O)[nH]1. The summed E-state index contributed by atoms with van der Waals surface area (Å²) >= 11 is 2.94. The Morgan fingerprint density at radius 1 is 1.50 bits per heavy atom. The van der Waals surface area contributed by atoms with Gasteiger partial charge in [-0.25, -0.2) is 9.50 Å². The van der Waals surface area contributed by atoms with Gasteiger partial charge in [0, 0.05) is 11.4 Å². The quantitative estimate of drug-likeness (QED) is 0.744. The Hall–Kier alpha value is -2.20. The van der Waals surface area contributed by atoms with E-state index in [9.17, 15) is 9.59 Å². The Kier molecular flexibility index (Phi) is 3.94. The van der Waals surface area contributed by atoms with E-state index in [2.05, 4.69) is 25.4 Å². The van der Waals surface area contributed by atoms with Crippen molar-refractivity contribution in [1.82, 2.24) is 24.6 Å². The van der Waals surface area contributed by atoms with Crippen LogP contribution in [0.5, 0.6) is 0 Å². The van der Waals surface area contributed by atoms with Gasteiger partial charge < -0.3 is 4.98 Å². The lowest BCUT2D eigenvalue weighted by Gasteiger charge is -2.02. The van der Waals surface area contributed by atoms with E-state index in [1.165, 1.54) is 23.1 Å². The van der Waals surface area contributed by atoms with Crippen molar-refractivity contribution in [2.75, 3.05) is 11.6 Å². The summed E-state index contributed by atoms with van der Waals surface area (Å²) in [6, 6.07) is 1.16. The highest BCUT2D eigenvalue weighted by Crippen LogP contribution is 2.15. The number of hydrogen-bond acceptors (Lipinski definition) is 7. The second-order valence-corrected chi connectivity index (χ2v) is 6.17. The van der Waals surface area contributed by atoms with Crippen molar-refractivity contribution >= 4 is 39.9 Å². The number of aromatic nitrogens is 5. The van der Waals surface area contributed by atoms with Crippen LogP contribution in [-0.4, -0.2) is 36.7 Å². The summed E-state index contributed by atoms with van der Waals surface area (Å²) in [4.78, 5) is 35.4. The summed E-state index contributed by atoms with van der Waals surface area (Å²) in [5.74, 6) is 0.658. The van der Waals surface area contributed by atoms with Gasteiger partial charge in [-0.1, -0.05) is 0 Å². The van der Waals surface area contributed by atoms with E-state index in [-0.39, 0.29) is 17.2 Å². The largest absolute Gasteiger partial charge is 0.310 e. The number of H-pyrrole nitrogens is 1. The van der Waals surface area contributed by atoms with E-state index in [1.54, 1.807) is 4.52 Å². The van der Waals surface area contributed by atoms with Crippen LogP contribution in [0.3, 0.4) is 0 Å². The highest BCUT2D eigenvalue weighted by atomic mass is 32.2. The zero-order chi connectivity index (χ0) is 15.7. The van der Waals surface area contributed by atoms with Gasteiger partial charge in [-0.05, 0) is 13.2 Å². The molecule has 114 valence electrons. The fourth-order valence-electron chi connectivity index (χ4n) is 1.84. The molecule has 0 aliphatic carbocycles. The first-order valence-corrected chi connectivity index (χ1v) is 8.55. The highest BCUT2D eigenvalue weighted by Gasteiger charge is 2.14. The summed E-state index contributed by atoms with van der Waals surface area (Å²) in [6.45, 7) is 1.90. The normalized spacial score (nSPS) is 11.0. The number of nitrogens with one attached hydrogen (secondary N) is 2. The van der Waals surface area contributed by atoms with Gasteiger partial charge in [-0.15, -0.1) is 16.4 Å². The number of carbonyl (C=O) groups is 1. The van der Waals surface area contributed by atoms with Crippen molar-refractivity contribution in [1.29, 1.82) is 0 Å². The Labute approximate surface area is 133 Å². The molecule has 0 aliphatic rings. The molecule has 8 nitrogen and oxygen atoms in total. The van der Waals surface area contributed by atoms with Gasteiger partial charge in [-0.3, -0.25) is 14.9 Å². The molecule has 0 unspecified atom stereocenters. The van der Waals surface area contributed by atoms with Crippen molar-refractivity contribution < 1.29 is 4.79 Å². The third kappa shape index (κ3) is 2.88. The third-order valence-corrected chi connectivity index (χ3v) is 4.27. The van der Waals surface area contributed by atoms with Crippen molar-refractivity contribution in [3.8, 4) is 0 Å². The molecule has 0 aromatic carbocycles. The molecule has 0 radical (unpaired) electrons. The molecule has 2 N–H and O–H groups in total. The molecule has 0 saturated heterocycles. The third-order valence-electron chi connectivity index (χ3n) is 2.78. The summed E-state index contributed by atoms with van der Waals surface area (Å²) < 4.78 is 1.64.